The average Bonchev–Trinajstić information content (AvgIpc) is 2.46. The maximum atomic E-state index is 11.8. The van der Waals surface area contributed by atoms with Crippen molar-refractivity contribution in [2.24, 2.45) is 0 Å². The highest BCUT2D eigenvalue weighted by Crippen LogP contribution is 2.20. The lowest BCUT2D eigenvalue weighted by molar-refractivity contribution is 0.0956. The first-order valence-electron chi connectivity index (χ1n) is 6.80. The number of aromatic nitrogens is 2. The van der Waals surface area contributed by atoms with E-state index in [0.717, 1.165) is 17.2 Å². The Labute approximate surface area is 123 Å². The number of anilines is 2. The van der Waals surface area contributed by atoms with Crippen molar-refractivity contribution in [1.82, 2.24) is 15.3 Å². The number of nitrogen functional groups attached to an aromatic ring is 1. The molecule has 0 aliphatic carbocycles. The molecule has 4 N–H and O–H groups in total. The van der Waals surface area contributed by atoms with Crippen LogP contribution in [-0.2, 0) is 6.54 Å². The average molecular weight is 285 g/mol. The molecule has 0 radical (unpaired) electrons. The van der Waals surface area contributed by atoms with Gasteiger partial charge in [-0.25, -0.2) is 9.97 Å². The van der Waals surface area contributed by atoms with Crippen LogP contribution in [0.25, 0.3) is 0 Å². The summed E-state index contributed by atoms with van der Waals surface area (Å²) in [5.74, 6) is 0.608. The number of hydrogen-bond donors (Lipinski definition) is 3. The highest BCUT2D eigenvalue weighted by atomic mass is 16.1. The fraction of sp³-hybridized carbons (Fsp3) is 0.267. The van der Waals surface area contributed by atoms with Crippen molar-refractivity contribution in [2.45, 2.75) is 20.4 Å². The first-order valence-corrected chi connectivity index (χ1v) is 6.80. The highest BCUT2D eigenvalue weighted by molar-refractivity contribution is 5.96. The van der Waals surface area contributed by atoms with Crippen molar-refractivity contribution in [2.75, 3.05) is 17.6 Å². The number of rotatable bonds is 5. The Morgan fingerprint density at radius 1 is 1.33 bits per heavy atom. The van der Waals surface area contributed by atoms with Gasteiger partial charge in [-0.1, -0.05) is 0 Å². The van der Waals surface area contributed by atoms with E-state index >= 15 is 0 Å². The van der Waals surface area contributed by atoms with Gasteiger partial charge in [0.1, 0.15) is 5.82 Å². The summed E-state index contributed by atoms with van der Waals surface area (Å²) in [5.41, 5.74) is 8.68. The second kappa shape index (κ2) is 6.69. The van der Waals surface area contributed by atoms with Crippen molar-refractivity contribution in [3.8, 4) is 0 Å². The summed E-state index contributed by atoms with van der Waals surface area (Å²) >= 11 is 0. The van der Waals surface area contributed by atoms with E-state index in [1.807, 2.05) is 19.9 Å². The van der Waals surface area contributed by atoms with Crippen LogP contribution < -0.4 is 16.4 Å². The van der Waals surface area contributed by atoms with Crippen LogP contribution in [0.2, 0.25) is 0 Å². The SMILES string of the molecule is CCNC(=O)c1ccc(N)c(NCc2ccnc(C)n2)c1. The standard InChI is InChI=1S/C15H19N5O/c1-3-17-15(21)11-4-5-13(16)14(8-11)19-9-12-6-7-18-10(2)20-12/h4-8,19H,3,9,16H2,1-2H3,(H,17,21). The first kappa shape index (κ1) is 14.8. The van der Waals surface area contributed by atoms with Crippen LogP contribution in [-0.4, -0.2) is 22.4 Å². The van der Waals surface area contributed by atoms with Gasteiger partial charge in [0, 0.05) is 18.3 Å². The molecule has 1 amide bonds. The molecule has 1 heterocycles. The largest absolute Gasteiger partial charge is 0.397 e. The minimum absolute atomic E-state index is 0.113. The molecule has 1 aromatic heterocycles. The van der Waals surface area contributed by atoms with Crippen molar-refractivity contribution in [1.29, 1.82) is 0 Å². The number of benzene rings is 1. The van der Waals surface area contributed by atoms with Gasteiger partial charge in [0.15, 0.2) is 0 Å². The lowest BCUT2D eigenvalue weighted by Gasteiger charge is -2.11. The third-order valence-electron chi connectivity index (χ3n) is 2.95. The van der Waals surface area contributed by atoms with E-state index in [1.54, 1.807) is 24.4 Å². The van der Waals surface area contributed by atoms with E-state index in [0.29, 0.717) is 24.3 Å². The van der Waals surface area contributed by atoms with E-state index < -0.39 is 0 Å². The normalized spacial score (nSPS) is 10.2. The molecule has 6 heteroatoms. The van der Waals surface area contributed by atoms with E-state index in [4.69, 9.17) is 5.73 Å². The summed E-state index contributed by atoms with van der Waals surface area (Å²) in [5, 5.41) is 5.96. The molecular formula is C15H19N5O. The molecule has 2 rings (SSSR count). The van der Waals surface area contributed by atoms with Gasteiger partial charge in [0.25, 0.3) is 5.91 Å². The number of amides is 1. The first-order chi connectivity index (χ1) is 10.1. The fourth-order valence-electron chi connectivity index (χ4n) is 1.90. The summed E-state index contributed by atoms with van der Waals surface area (Å²) in [6.45, 7) is 4.83. The van der Waals surface area contributed by atoms with Crippen LogP contribution in [0.3, 0.4) is 0 Å². The van der Waals surface area contributed by atoms with Crippen LogP contribution >= 0.6 is 0 Å². The van der Waals surface area contributed by atoms with Gasteiger partial charge in [-0.05, 0) is 38.1 Å². The second-order valence-corrected chi connectivity index (χ2v) is 4.61. The summed E-state index contributed by atoms with van der Waals surface area (Å²) in [4.78, 5) is 20.2. The fourth-order valence-corrected chi connectivity index (χ4v) is 1.90. The Kier molecular flexibility index (Phi) is 4.71. The molecule has 110 valence electrons. The molecule has 0 unspecified atom stereocenters. The van der Waals surface area contributed by atoms with Crippen molar-refractivity contribution in [3.05, 3.63) is 47.5 Å². The van der Waals surface area contributed by atoms with Crippen LogP contribution in [0.5, 0.6) is 0 Å². The zero-order valence-electron chi connectivity index (χ0n) is 12.2. The quantitative estimate of drug-likeness (QED) is 0.727. The predicted molar refractivity (Wildman–Crippen MR) is 83.0 cm³/mol. The minimum atomic E-state index is -0.113. The number of carbonyl (C=O) groups is 1. The number of carbonyl (C=O) groups excluding carboxylic acids is 1. The molecule has 1 aromatic carbocycles. The van der Waals surface area contributed by atoms with E-state index in [9.17, 15) is 4.79 Å². The van der Waals surface area contributed by atoms with E-state index in [2.05, 4.69) is 20.6 Å². The number of nitrogens with two attached hydrogens (primary N) is 1. The number of hydrogen-bond acceptors (Lipinski definition) is 5. The topological polar surface area (TPSA) is 92.9 Å². The van der Waals surface area contributed by atoms with Gasteiger partial charge in [0.05, 0.1) is 23.6 Å². The molecule has 0 saturated heterocycles. The van der Waals surface area contributed by atoms with Gasteiger partial charge >= 0.3 is 0 Å². The minimum Gasteiger partial charge on any atom is -0.397 e. The Morgan fingerprint density at radius 3 is 2.86 bits per heavy atom. The predicted octanol–water partition coefficient (Wildman–Crippen LogP) is 1.73. The molecule has 0 bridgehead atoms. The van der Waals surface area contributed by atoms with Crippen LogP contribution in [0.15, 0.2) is 30.5 Å². The molecule has 2 aromatic rings. The third kappa shape index (κ3) is 3.92. The monoisotopic (exact) mass is 285 g/mol. The highest BCUT2D eigenvalue weighted by Gasteiger charge is 2.07. The second-order valence-electron chi connectivity index (χ2n) is 4.61. The number of nitrogens with one attached hydrogen (secondary N) is 2. The van der Waals surface area contributed by atoms with Crippen molar-refractivity contribution in [3.63, 3.8) is 0 Å². The smallest absolute Gasteiger partial charge is 0.251 e. The summed E-state index contributed by atoms with van der Waals surface area (Å²) in [6, 6.07) is 7.01. The third-order valence-corrected chi connectivity index (χ3v) is 2.95. The van der Waals surface area contributed by atoms with E-state index in [1.165, 1.54) is 0 Å². The lowest BCUT2D eigenvalue weighted by Crippen LogP contribution is -2.22. The number of aryl methyl sites for hydroxylation is 1. The molecule has 0 fully saturated rings. The summed E-state index contributed by atoms with van der Waals surface area (Å²) in [6.07, 6.45) is 1.72. The summed E-state index contributed by atoms with van der Waals surface area (Å²) < 4.78 is 0. The Bertz CT molecular complexity index is 642. The molecular weight excluding hydrogens is 266 g/mol. The van der Waals surface area contributed by atoms with Crippen LogP contribution in [0, 0.1) is 6.92 Å². The van der Waals surface area contributed by atoms with Gasteiger partial charge in [0.2, 0.25) is 0 Å². The maximum absolute atomic E-state index is 11.8. The zero-order chi connectivity index (χ0) is 15.2. The lowest BCUT2D eigenvalue weighted by atomic mass is 10.1. The molecule has 0 atom stereocenters. The Morgan fingerprint density at radius 2 is 2.14 bits per heavy atom. The Hall–Kier alpha value is -2.63. The van der Waals surface area contributed by atoms with Gasteiger partial charge in [-0.15, -0.1) is 0 Å². The van der Waals surface area contributed by atoms with Crippen LogP contribution in [0.4, 0.5) is 11.4 Å². The molecule has 6 nitrogen and oxygen atoms in total. The molecule has 0 aliphatic heterocycles. The van der Waals surface area contributed by atoms with Gasteiger partial charge in [-0.2, -0.15) is 0 Å². The van der Waals surface area contributed by atoms with Gasteiger partial charge in [-0.3, -0.25) is 4.79 Å². The maximum Gasteiger partial charge on any atom is 0.251 e. The zero-order valence-corrected chi connectivity index (χ0v) is 12.2. The van der Waals surface area contributed by atoms with Gasteiger partial charge < -0.3 is 16.4 Å². The number of nitrogens with zero attached hydrogens (tertiary/aromatic N) is 2. The molecule has 21 heavy (non-hydrogen) atoms. The molecule has 0 spiro atoms. The molecule has 0 saturated carbocycles. The molecule has 0 aliphatic rings. The van der Waals surface area contributed by atoms with Crippen molar-refractivity contribution >= 4 is 17.3 Å². The van der Waals surface area contributed by atoms with E-state index in [-0.39, 0.29) is 5.91 Å². The summed E-state index contributed by atoms with van der Waals surface area (Å²) in [7, 11) is 0. The Balaban J connectivity index is 2.12. The van der Waals surface area contributed by atoms with Crippen LogP contribution in [0.1, 0.15) is 28.8 Å². The van der Waals surface area contributed by atoms with Crippen molar-refractivity contribution < 1.29 is 4.79 Å².